The van der Waals surface area contributed by atoms with Crippen molar-refractivity contribution in [2.75, 3.05) is 33.3 Å². The number of nitrogen functional groups attached to an aromatic ring is 1. The third-order valence-electron chi connectivity index (χ3n) is 3.87. The molecule has 0 spiro atoms. The summed E-state index contributed by atoms with van der Waals surface area (Å²) >= 11 is 0. The van der Waals surface area contributed by atoms with E-state index in [1.807, 2.05) is 6.07 Å². The van der Waals surface area contributed by atoms with E-state index in [0.717, 1.165) is 19.6 Å². The van der Waals surface area contributed by atoms with Crippen molar-refractivity contribution in [2.45, 2.75) is 18.9 Å². The first-order valence-corrected chi connectivity index (χ1v) is 7.35. The number of likely N-dealkylation sites (N-methyl/N-ethyl adjacent to an activating group) is 1. The van der Waals surface area contributed by atoms with Crippen LogP contribution >= 0.6 is 0 Å². The largest absolute Gasteiger partial charge is 0.492 e. The number of hydrogen-bond donors (Lipinski definition) is 3. The minimum atomic E-state index is -0.313. The number of carbonyl (C=O) groups is 1. The van der Waals surface area contributed by atoms with E-state index >= 15 is 0 Å². The monoisotopic (exact) mass is 292 g/mol. The smallest absolute Gasteiger partial charge is 0.265 e. The van der Waals surface area contributed by atoms with Crippen molar-refractivity contribution in [2.24, 2.45) is 5.84 Å². The average Bonchev–Trinajstić information content (AvgIpc) is 2.55. The summed E-state index contributed by atoms with van der Waals surface area (Å²) in [6.45, 7) is 3.66. The van der Waals surface area contributed by atoms with Gasteiger partial charge in [0, 0.05) is 18.2 Å². The molecule has 1 aromatic carbocycles. The first-order valence-electron chi connectivity index (χ1n) is 7.35. The van der Waals surface area contributed by atoms with Gasteiger partial charge in [0.15, 0.2) is 0 Å². The van der Waals surface area contributed by atoms with E-state index in [9.17, 15) is 4.79 Å². The van der Waals surface area contributed by atoms with Crippen LogP contribution in [0.5, 0.6) is 5.75 Å². The fourth-order valence-corrected chi connectivity index (χ4v) is 2.55. The Morgan fingerprint density at radius 3 is 2.95 bits per heavy atom. The number of carbonyl (C=O) groups excluding carboxylic acids is 1. The Bertz CT molecular complexity index is 461. The lowest BCUT2D eigenvalue weighted by molar-refractivity contribution is 0.0953. The third kappa shape index (κ3) is 4.70. The summed E-state index contributed by atoms with van der Waals surface area (Å²) < 4.78 is 5.72. The Kier molecular flexibility index (Phi) is 5.98. The number of hydrazine groups is 1. The average molecular weight is 292 g/mol. The normalized spacial score (nSPS) is 16.0. The second-order valence-corrected chi connectivity index (χ2v) is 5.31. The van der Waals surface area contributed by atoms with Gasteiger partial charge in [0.05, 0.1) is 0 Å². The van der Waals surface area contributed by atoms with Crippen molar-refractivity contribution in [1.29, 1.82) is 0 Å². The summed E-state index contributed by atoms with van der Waals surface area (Å²) in [5.74, 6) is 5.50. The van der Waals surface area contributed by atoms with Gasteiger partial charge in [-0.25, -0.2) is 5.84 Å². The number of nitrogens with two attached hydrogens (primary N) is 1. The summed E-state index contributed by atoms with van der Waals surface area (Å²) in [4.78, 5) is 13.8. The fourth-order valence-electron chi connectivity index (χ4n) is 2.55. The van der Waals surface area contributed by atoms with Crippen LogP contribution < -0.4 is 21.3 Å². The lowest BCUT2D eigenvalue weighted by Crippen LogP contribution is -2.42. The molecule has 1 aliphatic rings. The van der Waals surface area contributed by atoms with Crippen molar-refractivity contribution >= 4 is 5.91 Å². The van der Waals surface area contributed by atoms with E-state index in [2.05, 4.69) is 22.7 Å². The highest BCUT2D eigenvalue weighted by molar-refractivity contribution is 5.94. The van der Waals surface area contributed by atoms with Crippen LogP contribution in [0.4, 0.5) is 0 Å². The van der Waals surface area contributed by atoms with Gasteiger partial charge in [-0.15, -0.1) is 0 Å². The molecule has 21 heavy (non-hydrogen) atoms. The number of benzene rings is 1. The standard InChI is InChI=1S/C15H24N4O2/c1-19(13-5-7-17-8-6-13)9-10-21-14-4-2-3-12(11-14)15(20)18-16/h2-4,11,13,17H,5-10,16H2,1H3,(H,18,20). The van der Waals surface area contributed by atoms with Gasteiger partial charge in [-0.2, -0.15) is 0 Å². The number of amides is 1. The molecule has 6 heteroatoms. The molecule has 1 saturated heterocycles. The molecule has 0 aliphatic carbocycles. The molecule has 1 amide bonds. The van der Waals surface area contributed by atoms with Crippen LogP contribution in [0, 0.1) is 0 Å². The molecular weight excluding hydrogens is 268 g/mol. The highest BCUT2D eigenvalue weighted by Crippen LogP contribution is 2.14. The van der Waals surface area contributed by atoms with Gasteiger partial charge in [0.2, 0.25) is 0 Å². The lowest BCUT2D eigenvalue weighted by Gasteiger charge is -2.31. The highest BCUT2D eigenvalue weighted by atomic mass is 16.5. The fraction of sp³-hybridized carbons (Fsp3) is 0.533. The molecule has 0 aromatic heterocycles. The topological polar surface area (TPSA) is 79.6 Å². The van der Waals surface area contributed by atoms with Gasteiger partial charge in [0.25, 0.3) is 5.91 Å². The molecule has 1 heterocycles. The predicted molar refractivity (Wildman–Crippen MR) is 82.1 cm³/mol. The van der Waals surface area contributed by atoms with Crippen molar-refractivity contribution in [3.05, 3.63) is 29.8 Å². The summed E-state index contributed by atoms with van der Waals surface area (Å²) in [6.07, 6.45) is 2.37. The number of ether oxygens (including phenoxy) is 1. The van der Waals surface area contributed by atoms with Crippen LogP contribution in [0.2, 0.25) is 0 Å². The maximum atomic E-state index is 11.4. The molecule has 1 aliphatic heterocycles. The van der Waals surface area contributed by atoms with E-state index in [0.29, 0.717) is 24.0 Å². The summed E-state index contributed by atoms with van der Waals surface area (Å²) in [5.41, 5.74) is 2.62. The van der Waals surface area contributed by atoms with Crippen LogP contribution in [-0.4, -0.2) is 50.1 Å². The molecule has 1 fully saturated rings. The maximum Gasteiger partial charge on any atom is 0.265 e. The molecule has 1 aromatic rings. The van der Waals surface area contributed by atoms with E-state index in [-0.39, 0.29) is 5.91 Å². The van der Waals surface area contributed by atoms with E-state index < -0.39 is 0 Å². The Morgan fingerprint density at radius 2 is 2.24 bits per heavy atom. The highest BCUT2D eigenvalue weighted by Gasteiger charge is 2.17. The maximum absolute atomic E-state index is 11.4. The molecule has 6 nitrogen and oxygen atoms in total. The summed E-state index contributed by atoms with van der Waals surface area (Å²) in [6, 6.07) is 7.67. The van der Waals surface area contributed by atoms with Crippen LogP contribution in [-0.2, 0) is 0 Å². The SMILES string of the molecule is CN(CCOc1cccc(C(=O)NN)c1)C1CCNCC1. The first-order chi connectivity index (χ1) is 10.2. The van der Waals surface area contributed by atoms with E-state index in [4.69, 9.17) is 10.6 Å². The van der Waals surface area contributed by atoms with Gasteiger partial charge < -0.3 is 10.1 Å². The Labute approximate surface area is 125 Å². The minimum absolute atomic E-state index is 0.313. The van der Waals surface area contributed by atoms with Gasteiger partial charge >= 0.3 is 0 Å². The minimum Gasteiger partial charge on any atom is -0.492 e. The Hall–Kier alpha value is -1.63. The van der Waals surface area contributed by atoms with Crippen LogP contribution in [0.25, 0.3) is 0 Å². The second-order valence-electron chi connectivity index (χ2n) is 5.31. The molecule has 116 valence electrons. The van der Waals surface area contributed by atoms with Gasteiger partial charge in [-0.3, -0.25) is 15.1 Å². The zero-order valence-electron chi connectivity index (χ0n) is 12.5. The van der Waals surface area contributed by atoms with Crippen molar-refractivity contribution < 1.29 is 9.53 Å². The Morgan fingerprint density at radius 1 is 1.48 bits per heavy atom. The van der Waals surface area contributed by atoms with Gasteiger partial charge in [-0.1, -0.05) is 6.07 Å². The zero-order valence-corrected chi connectivity index (χ0v) is 12.5. The number of nitrogens with zero attached hydrogens (tertiary/aromatic N) is 1. The molecular formula is C15H24N4O2. The third-order valence-corrected chi connectivity index (χ3v) is 3.87. The zero-order chi connectivity index (χ0) is 15.1. The number of piperidine rings is 1. The molecule has 2 rings (SSSR count). The van der Waals surface area contributed by atoms with Crippen molar-refractivity contribution in [3.63, 3.8) is 0 Å². The van der Waals surface area contributed by atoms with Crippen LogP contribution in [0.1, 0.15) is 23.2 Å². The van der Waals surface area contributed by atoms with Crippen molar-refractivity contribution in [3.8, 4) is 5.75 Å². The summed E-state index contributed by atoms with van der Waals surface area (Å²) in [5, 5.41) is 3.37. The number of hydrogen-bond acceptors (Lipinski definition) is 5. The molecule has 0 bridgehead atoms. The molecule has 0 atom stereocenters. The van der Waals surface area contributed by atoms with Crippen LogP contribution in [0.3, 0.4) is 0 Å². The second kappa shape index (κ2) is 7.97. The number of nitrogens with one attached hydrogen (secondary N) is 2. The van der Waals surface area contributed by atoms with E-state index in [1.54, 1.807) is 18.2 Å². The van der Waals surface area contributed by atoms with Gasteiger partial charge in [0.1, 0.15) is 12.4 Å². The quantitative estimate of drug-likeness (QED) is 0.401. The molecule has 0 unspecified atom stereocenters. The molecule has 0 radical (unpaired) electrons. The first kappa shape index (κ1) is 15.8. The Balaban J connectivity index is 1.78. The van der Waals surface area contributed by atoms with Crippen molar-refractivity contribution in [1.82, 2.24) is 15.6 Å². The number of rotatable bonds is 6. The molecule has 0 saturated carbocycles. The lowest BCUT2D eigenvalue weighted by atomic mass is 10.1. The van der Waals surface area contributed by atoms with Crippen LogP contribution in [0.15, 0.2) is 24.3 Å². The van der Waals surface area contributed by atoms with E-state index in [1.165, 1.54) is 12.8 Å². The van der Waals surface area contributed by atoms with Gasteiger partial charge in [-0.05, 0) is 51.2 Å². The predicted octanol–water partition coefficient (Wildman–Crippen LogP) is 0.353. The molecule has 4 N–H and O–H groups in total. The summed E-state index contributed by atoms with van der Waals surface area (Å²) in [7, 11) is 2.14.